The first-order valence-corrected chi connectivity index (χ1v) is 9.19. The molecule has 0 saturated carbocycles. The Morgan fingerprint density at radius 3 is 2.96 bits per heavy atom. The molecule has 0 saturated heterocycles. The van der Waals surface area contributed by atoms with Gasteiger partial charge in [-0.2, -0.15) is 10.4 Å². The summed E-state index contributed by atoms with van der Waals surface area (Å²) in [5.74, 6) is 0.216. The lowest BCUT2D eigenvalue weighted by molar-refractivity contribution is -0.385. The van der Waals surface area contributed by atoms with Crippen LogP contribution in [0.2, 0.25) is 0 Å². The summed E-state index contributed by atoms with van der Waals surface area (Å²) in [4.78, 5) is 24.2. The molecule has 1 aliphatic carbocycles. The minimum absolute atomic E-state index is 0.122. The van der Waals surface area contributed by atoms with E-state index in [9.17, 15) is 20.2 Å². The molecule has 26 heavy (non-hydrogen) atoms. The molecule has 1 aliphatic rings. The van der Waals surface area contributed by atoms with Gasteiger partial charge >= 0.3 is 5.69 Å². The largest absolute Gasteiger partial charge is 0.315 e. The van der Waals surface area contributed by atoms with Gasteiger partial charge in [0, 0.05) is 4.88 Å². The van der Waals surface area contributed by atoms with Crippen LogP contribution < -0.4 is 5.32 Å². The number of anilines is 1. The van der Waals surface area contributed by atoms with E-state index in [0.717, 1.165) is 29.7 Å². The number of rotatable bonds is 4. The fourth-order valence-corrected chi connectivity index (χ4v) is 4.51. The van der Waals surface area contributed by atoms with E-state index >= 15 is 0 Å². The Kier molecular flexibility index (Phi) is 4.78. The second-order valence-corrected chi connectivity index (χ2v) is 7.77. The van der Waals surface area contributed by atoms with Gasteiger partial charge < -0.3 is 5.32 Å². The Morgan fingerprint density at radius 1 is 1.62 bits per heavy atom. The number of hydrogen-bond donors (Lipinski definition) is 1. The minimum atomic E-state index is -0.730. The third kappa shape index (κ3) is 3.20. The number of nitrogens with zero attached hydrogens (tertiary/aromatic N) is 4. The highest BCUT2D eigenvalue weighted by molar-refractivity contribution is 7.16. The predicted octanol–water partition coefficient (Wildman–Crippen LogP) is 3.36. The average Bonchev–Trinajstić information content (AvgIpc) is 3.13. The van der Waals surface area contributed by atoms with Gasteiger partial charge in [-0.15, -0.1) is 11.3 Å². The number of carbonyl (C=O) groups is 1. The number of aromatic nitrogens is 2. The number of nitro groups is 1. The van der Waals surface area contributed by atoms with Crippen molar-refractivity contribution >= 4 is 27.9 Å². The first-order chi connectivity index (χ1) is 12.3. The summed E-state index contributed by atoms with van der Waals surface area (Å²) in [6.07, 6.45) is 4.07. The molecule has 2 aromatic heterocycles. The van der Waals surface area contributed by atoms with E-state index in [4.69, 9.17) is 0 Å². The van der Waals surface area contributed by atoms with Crippen LogP contribution in [0.1, 0.15) is 48.0 Å². The van der Waals surface area contributed by atoms with Crippen LogP contribution in [0.25, 0.3) is 0 Å². The maximum absolute atomic E-state index is 12.6. The van der Waals surface area contributed by atoms with Crippen LogP contribution >= 0.6 is 11.3 Å². The molecule has 0 bridgehead atoms. The smallest absolute Gasteiger partial charge is 0.309 e. The van der Waals surface area contributed by atoms with E-state index < -0.39 is 11.0 Å². The zero-order valence-corrected chi connectivity index (χ0v) is 15.6. The molecule has 2 atom stereocenters. The number of aryl methyl sites for hydroxylation is 1. The van der Waals surface area contributed by atoms with Crippen molar-refractivity contribution < 1.29 is 9.72 Å². The van der Waals surface area contributed by atoms with Gasteiger partial charge in [-0.05, 0) is 44.6 Å². The van der Waals surface area contributed by atoms with Crippen molar-refractivity contribution in [3.8, 4) is 6.07 Å². The van der Waals surface area contributed by atoms with E-state index in [1.165, 1.54) is 29.1 Å². The van der Waals surface area contributed by atoms with Crippen LogP contribution in [0.15, 0.2) is 6.20 Å². The quantitative estimate of drug-likeness (QED) is 0.652. The summed E-state index contributed by atoms with van der Waals surface area (Å²) in [5, 5.41) is 27.9. The molecule has 0 aromatic carbocycles. The van der Waals surface area contributed by atoms with Gasteiger partial charge in [-0.1, -0.05) is 6.92 Å². The maximum atomic E-state index is 12.6. The molecule has 9 heteroatoms. The van der Waals surface area contributed by atoms with E-state index in [1.54, 1.807) is 6.92 Å². The number of hydrogen-bond acceptors (Lipinski definition) is 6. The molecule has 2 heterocycles. The molecule has 1 N–H and O–H groups in total. The van der Waals surface area contributed by atoms with Crippen LogP contribution in [-0.4, -0.2) is 20.6 Å². The lowest BCUT2D eigenvalue weighted by Crippen LogP contribution is -2.24. The van der Waals surface area contributed by atoms with Crippen molar-refractivity contribution in [3.63, 3.8) is 0 Å². The Balaban J connectivity index is 1.83. The highest BCUT2D eigenvalue weighted by atomic mass is 32.1. The molecule has 0 aliphatic heterocycles. The topological polar surface area (TPSA) is 114 Å². The van der Waals surface area contributed by atoms with E-state index in [0.29, 0.717) is 16.5 Å². The summed E-state index contributed by atoms with van der Waals surface area (Å²) in [6, 6.07) is 1.49. The zero-order chi connectivity index (χ0) is 19.0. The van der Waals surface area contributed by atoms with Crippen molar-refractivity contribution in [2.45, 2.75) is 46.1 Å². The zero-order valence-electron chi connectivity index (χ0n) is 14.8. The van der Waals surface area contributed by atoms with Crippen molar-refractivity contribution in [1.82, 2.24) is 9.78 Å². The number of fused-ring (bicyclic) bond motifs is 1. The lowest BCUT2D eigenvalue weighted by atomic mass is 9.88. The van der Waals surface area contributed by atoms with Crippen LogP contribution in [0.3, 0.4) is 0 Å². The number of thiophene rings is 1. The van der Waals surface area contributed by atoms with Crippen molar-refractivity contribution in [3.05, 3.63) is 38.0 Å². The summed E-state index contributed by atoms with van der Waals surface area (Å²) >= 11 is 1.45. The third-order valence-electron chi connectivity index (χ3n) is 4.72. The Morgan fingerprint density at radius 2 is 2.35 bits per heavy atom. The Hall–Kier alpha value is -2.73. The molecule has 0 fully saturated rings. The summed E-state index contributed by atoms with van der Waals surface area (Å²) in [6.45, 7) is 5.33. The van der Waals surface area contributed by atoms with E-state index in [-0.39, 0.29) is 17.3 Å². The van der Waals surface area contributed by atoms with Crippen LogP contribution in [0, 0.1) is 34.3 Å². The first kappa shape index (κ1) is 18.1. The number of nitrogens with one attached hydrogen (secondary N) is 1. The fraction of sp³-hybridized carbons (Fsp3) is 0.471. The van der Waals surface area contributed by atoms with Crippen molar-refractivity contribution in [2.24, 2.45) is 5.92 Å². The summed E-state index contributed by atoms with van der Waals surface area (Å²) in [7, 11) is 0. The molecule has 0 radical (unpaired) electrons. The molecule has 0 spiro atoms. The third-order valence-corrected chi connectivity index (χ3v) is 5.89. The highest BCUT2D eigenvalue weighted by Crippen LogP contribution is 2.39. The molecular weight excluding hydrogens is 354 g/mol. The molecule has 136 valence electrons. The van der Waals surface area contributed by atoms with Crippen molar-refractivity contribution in [1.29, 1.82) is 5.26 Å². The summed E-state index contributed by atoms with van der Waals surface area (Å²) in [5.41, 5.74) is 1.72. The van der Waals surface area contributed by atoms with Gasteiger partial charge in [0.1, 0.15) is 29.0 Å². The van der Waals surface area contributed by atoms with Crippen molar-refractivity contribution in [2.75, 3.05) is 5.32 Å². The normalized spacial score (nSPS) is 17.2. The van der Waals surface area contributed by atoms with Gasteiger partial charge in [0.15, 0.2) is 0 Å². The standard InChI is InChI=1S/C17H19N5O3S/c1-9-4-5-12-13(7-18)17(26-15(12)6-9)19-16(23)11(3)21-8-14(22(24)25)10(2)20-21/h8-9,11H,4-6H2,1-3H3,(H,19,23)/t9-,11-/m1/s1. The average molecular weight is 373 g/mol. The molecule has 3 rings (SSSR count). The fourth-order valence-electron chi connectivity index (χ4n) is 3.14. The summed E-state index contributed by atoms with van der Waals surface area (Å²) < 4.78 is 1.28. The number of carbonyl (C=O) groups excluding carboxylic acids is 1. The Labute approximate surface area is 154 Å². The van der Waals surface area contributed by atoms with Gasteiger partial charge in [0.2, 0.25) is 5.91 Å². The monoisotopic (exact) mass is 373 g/mol. The lowest BCUT2D eigenvalue weighted by Gasteiger charge is -2.17. The molecule has 1 amide bonds. The van der Waals surface area contributed by atoms with Crippen LogP contribution in [0.5, 0.6) is 0 Å². The molecule has 8 nitrogen and oxygen atoms in total. The van der Waals surface area contributed by atoms with Gasteiger partial charge in [-0.25, -0.2) is 0 Å². The van der Waals surface area contributed by atoms with Crippen LogP contribution in [-0.2, 0) is 17.6 Å². The second-order valence-electron chi connectivity index (χ2n) is 6.67. The molecule has 0 unspecified atom stereocenters. The second kappa shape index (κ2) is 6.88. The predicted molar refractivity (Wildman–Crippen MR) is 97.2 cm³/mol. The van der Waals surface area contributed by atoms with Gasteiger partial charge in [-0.3, -0.25) is 19.6 Å². The Bertz CT molecular complexity index is 924. The highest BCUT2D eigenvalue weighted by Gasteiger charge is 2.27. The van der Waals surface area contributed by atoms with E-state index in [1.807, 2.05) is 0 Å². The maximum Gasteiger partial charge on any atom is 0.309 e. The number of amides is 1. The SMILES string of the molecule is Cc1nn([C@H](C)C(=O)Nc2sc3c(c2C#N)CC[C@@H](C)C3)cc1[N+](=O)[O-]. The molecular formula is C17H19N5O3S. The first-order valence-electron chi connectivity index (χ1n) is 8.37. The minimum Gasteiger partial charge on any atom is -0.315 e. The van der Waals surface area contributed by atoms with Crippen LogP contribution in [0.4, 0.5) is 10.7 Å². The van der Waals surface area contributed by atoms with E-state index in [2.05, 4.69) is 23.4 Å². The van der Waals surface area contributed by atoms with Gasteiger partial charge in [0.25, 0.3) is 0 Å². The molecule has 2 aromatic rings. The number of nitriles is 1. The van der Waals surface area contributed by atoms with Gasteiger partial charge in [0.05, 0.1) is 10.5 Å².